The van der Waals surface area contributed by atoms with Gasteiger partial charge in [-0.05, 0) is 106 Å². The molecule has 6 aliphatic rings. The van der Waals surface area contributed by atoms with Gasteiger partial charge in [-0.1, -0.05) is 24.7 Å². The van der Waals surface area contributed by atoms with Gasteiger partial charge >= 0.3 is 0 Å². The second-order valence-corrected chi connectivity index (χ2v) is 12.4. The van der Waals surface area contributed by atoms with Crippen molar-refractivity contribution in [2.45, 2.75) is 102 Å². The summed E-state index contributed by atoms with van der Waals surface area (Å²) >= 11 is 0. The summed E-state index contributed by atoms with van der Waals surface area (Å²) in [6, 6.07) is 5.12. The minimum atomic E-state index is -0.574. The number of rotatable bonds is 8. The van der Waals surface area contributed by atoms with Crippen LogP contribution in [0, 0.1) is 29.6 Å². The Labute approximate surface area is 220 Å². The number of nitrogens with one attached hydrogen (secondary N) is 2. The summed E-state index contributed by atoms with van der Waals surface area (Å²) in [5, 5.41) is 6.36. The summed E-state index contributed by atoms with van der Waals surface area (Å²) in [6.07, 6.45) is 15.2. The summed E-state index contributed by atoms with van der Waals surface area (Å²) in [5.41, 5.74) is 2.95. The molecule has 4 bridgehead atoms. The Kier molecular flexibility index (Phi) is 6.84. The number of hydrogen-bond donors (Lipinski definition) is 2. The molecule has 5 fully saturated rings. The maximum Gasteiger partial charge on any atom is 0.255 e. The molecule has 196 valence electrons. The predicted molar refractivity (Wildman–Crippen MR) is 141 cm³/mol. The van der Waals surface area contributed by atoms with Crippen LogP contribution in [-0.4, -0.2) is 40.7 Å². The lowest BCUT2D eigenvalue weighted by atomic mass is 9.53. The monoisotopic (exact) mass is 501 g/mol. The molecule has 0 aromatic heterocycles. The average Bonchev–Trinajstić information content (AvgIpc) is 3.17. The average molecular weight is 502 g/mol. The first-order valence-corrected chi connectivity index (χ1v) is 14.5. The molecular formula is C31H39N3O3. The van der Waals surface area contributed by atoms with E-state index < -0.39 is 6.04 Å². The van der Waals surface area contributed by atoms with Crippen molar-refractivity contribution >= 4 is 17.7 Å². The first-order valence-electron chi connectivity index (χ1n) is 14.5. The fraction of sp³-hybridized carbons (Fsp3) is 0.645. The number of fused-ring (bicyclic) bond motifs is 1. The maximum atomic E-state index is 12.8. The molecule has 6 heteroatoms. The van der Waals surface area contributed by atoms with Crippen molar-refractivity contribution < 1.29 is 14.4 Å². The van der Waals surface area contributed by atoms with Crippen molar-refractivity contribution in [3.63, 3.8) is 0 Å². The van der Waals surface area contributed by atoms with Crippen molar-refractivity contribution in [3.8, 4) is 11.8 Å². The van der Waals surface area contributed by atoms with Crippen LogP contribution in [0.1, 0.15) is 105 Å². The summed E-state index contributed by atoms with van der Waals surface area (Å²) in [5.74, 6) is 8.81. The first kappa shape index (κ1) is 24.7. The van der Waals surface area contributed by atoms with Crippen molar-refractivity contribution in [1.82, 2.24) is 15.5 Å². The van der Waals surface area contributed by atoms with Crippen molar-refractivity contribution in [2.24, 2.45) is 17.8 Å². The van der Waals surface area contributed by atoms with Crippen LogP contribution in [0.15, 0.2) is 18.2 Å². The lowest BCUT2D eigenvalue weighted by Crippen LogP contribution is -2.58. The quantitative estimate of drug-likeness (QED) is 0.316. The van der Waals surface area contributed by atoms with E-state index in [9.17, 15) is 14.4 Å². The van der Waals surface area contributed by atoms with Crippen LogP contribution in [-0.2, 0) is 16.1 Å². The van der Waals surface area contributed by atoms with Gasteiger partial charge in [0.1, 0.15) is 6.04 Å². The van der Waals surface area contributed by atoms with Crippen molar-refractivity contribution in [1.29, 1.82) is 0 Å². The van der Waals surface area contributed by atoms with Crippen LogP contribution in [0.25, 0.3) is 0 Å². The fourth-order valence-corrected chi connectivity index (χ4v) is 8.19. The normalized spacial score (nSPS) is 31.8. The van der Waals surface area contributed by atoms with E-state index >= 15 is 0 Å². The number of unbranched alkanes of at least 4 members (excludes halogenated alkanes) is 4. The minimum absolute atomic E-state index is 0.137. The highest BCUT2D eigenvalue weighted by molar-refractivity contribution is 6.05. The maximum absolute atomic E-state index is 12.8. The van der Waals surface area contributed by atoms with Gasteiger partial charge in [-0.25, -0.2) is 0 Å². The second-order valence-electron chi connectivity index (χ2n) is 12.4. The lowest BCUT2D eigenvalue weighted by molar-refractivity contribution is -0.136. The molecule has 2 heterocycles. The molecule has 4 aliphatic carbocycles. The Morgan fingerprint density at radius 3 is 2.43 bits per heavy atom. The Balaban J connectivity index is 0.911. The molecule has 1 unspecified atom stereocenters. The summed E-state index contributed by atoms with van der Waals surface area (Å²) < 4.78 is 0. The van der Waals surface area contributed by atoms with Gasteiger partial charge in [-0.3, -0.25) is 19.7 Å². The van der Waals surface area contributed by atoms with Gasteiger partial charge in [0.25, 0.3) is 5.91 Å². The van der Waals surface area contributed by atoms with E-state index in [2.05, 4.69) is 22.5 Å². The zero-order valence-electron chi connectivity index (χ0n) is 21.8. The second kappa shape index (κ2) is 10.3. The van der Waals surface area contributed by atoms with Gasteiger partial charge in [-0.2, -0.15) is 0 Å². The molecule has 0 spiro atoms. The van der Waals surface area contributed by atoms with E-state index in [0.717, 1.165) is 41.7 Å². The molecule has 3 amide bonds. The smallest absolute Gasteiger partial charge is 0.255 e. The molecule has 6 nitrogen and oxygen atoms in total. The Bertz CT molecular complexity index is 1110. The Morgan fingerprint density at radius 2 is 1.70 bits per heavy atom. The Hall–Kier alpha value is -2.65. The number of hydrogen-bond acceptors (Lipinski definition) is 4. The van der Waals surface area contributed by atoms with E-state index in [-0.39, 0.29) is 24.1 Å². The van der Waals surface area contributed by atoms with Gasteiger partial charge in [0.15, 0.2) is 0 Å². The molecule has 37 heavy (non-hydrogen) atoms. The minimum Gasteiger partial charge on any atom is -0.322 e. The van der Waals surface area contributed by atoms with Crippen LogP contribution < -0.4 is 10.6 Å². The Morgan fingerprint density at radius 1 is 0.973 bits per heavy atom. The van der Waals surface area contributed by atoms with E-state index in [0.29, 0.717) is 24.1 Å². The van der Waals surface area contributed by atoms with E-state index in [1.54, 1.807) is 4.90 Å². The molecule has 2 N–H and O–H groups in total. The van der Waals surface area contributed by atoms with Gasteiger partial charge in [-0.15, -0.1) is 0 Å². The predicted octanol–water partition coefficient (Wildman–Crippen LogP) is 4.31. The molecular weight excluding hydrogens is 462 g/mol. The van der Waals surface area contributed by atoms with Crippen LogP contribution in [0.2, 0.25) is 0 Å². The number of carbonyl (C=O) groups is 3. The van der Waals surface area contributed by atoms with E-state index in [1.807, 2.05) is 18.2 Å². The molecule has 1 aromatic carbocycles. The highest BCUT2D eigenvalue weighted by atomic mass is 16.2. The molecule has 4 saturated carbocycles. The van der Waals surface area contributed by atoms with Crippen molar-refractivity contribution in [2.75, 3.05) is 6.54 Å². The number of carbonyl (C=O) groups excluding carboxylic acids is 3. The molecule has 1 saturated heterocycles. The summed E-state index contributed by atoms with van der Waals surface area (Å²) in [6.45, 7) is 1.56. The molecule has 1 aromatic rings. The standard InChI is InChI=1S/C31H39N3O3/c35-28-11-10-27(29(36)33-28)34-20-25-16-21(8-9-26(25)30(34)37)7-5-3-1-2-4-6-12-32-31-17-22-13-23(18-31)15-24(14-22)19-31/h8-9,16,22-24,27,32H,1-4,6,10-15,17-20H2,(H,33,35,36). The van der Waals surface area contributed by atoms with Crippen molar-refractivity contribution in [3.05, 3.63) is 34.9 Å². The fourth-order valence-electron chi connectivity index (χ4n) is 8.19. The summed E-state index contributed by atoms with van der Waals surface area (Å²) in [4.78, 5) is 38.1. The lowest BCUT2D eigenvalue weighted by Gasteiger charge is -2.57. The van der Waals surface area contributed by atoms with Gasteiger partial charge in [0.05, 0.1) is 0 Å². The topological polar surface area (TPSA) is 78.5 Å². The van der Waals surface area contributed by atoms with Crippen LogP contribution in [0.5, 0.6) is 0 Å². The zero-order chi connectivity index (χ0) is 25.4. The van der Waals surface area contributed by atoms with Crippen LogP contribution in [0.4, 0.5) is 0 Å². The van der Waals surface area contributed by atoms with Gasteiger partial charge in [0, 0.05) is 36.1 Å². The van der Waals surface area contributed by atoms with E-state index in [4.69, 9.17) is 0 Å². The number of piperidine rings is 1. The summed E-state index contributed by atoms with van der Waals surface area (Å²) in [7, 11) is 0. The largest absolute Gasteiger partial charge is 0.322 e. The highest BCUT2D eigenvalue weighted by Crippen LogP contribution is 2.55. The SMILES string of the molecule is O=C1CCC(N2Cc3cc(C#CCCCCCCNC45CC6CC(CC(C6)C4)C5)ccc3C2=O)C(=O)N1. The third kappa shape index (κ3) is 5.21. The number of amides is 3. The molecule has 2 aliphatic heterocycles. The third-order valence-corrected chi connectivity index (χ3v) is 9.52. The van der Waals surface area contributed by atoms with Gasteiger partial charge in [0.2, 0.25) is 11.8 Å². The van der Waals surface area contributed by atoms with Crippen LogP contribution >= 0.6 is 0 Å². The van der Waals surface area contributed by atoms with Gasteiger partial charge < -0.3 is 10.2 Å². The number of benzene rings is 1. The van der Waals surface area contributed by atoms with E-state index in [1.165, 1.54) is 64.3 Å². The zero-order valence-corrected chi connectivity index (χ0v) is 21.8. The molecule has 7 rings (SSSR count). The number of nitrogens with zero attached hydrogens (tertiary/aromatic N) is 1. The first-order chi connectivity index (χ1) is 18.0. The van der Waals surface area contributed by atoms with Crippen LogP contribution in [0.3, 0.4) is 0 Å². The third-order valence-electron chi connectivity index (χ3n) is 9.52. The number of imide groups is 1. The highest BCUT2D eigenvalue weighted by Gasteiger charge is 2.50. The molecule has 1 atom stereocenters. The molecule has 0 radical (unpaired) electrons.